The predicted octanol–water partition coefficient (Wildman–Crippen LogP) is 3.72. The molecule has 1 heterocycles. The second-order valence-corrected chi connectivity index (χ2v) is 5.26. The fraction of sp³-hybridized carbons (Fsp3) is 0.429. The molecule has 2 aliphatic rings. The summed E-state index contributed by atoms with van der Waals surface area (Å²) in [5, 5.41) is 1.58. The third kappa shape index (κ3) is 2.17. The van der Waals surface area contributed by atoms with Crippen molar-refractivity contribution in [2.75, 3.05) is 0 Å². The van der Waals surface area contributed by atoms with E-state index < -0.39 is 18.4 Å². The molecule has 18 heavy (non-hydrogen) atoms. The van der Waals surface area contributed by atoms with Crippen molar-refractivity contribution < 1.29 is 5.52 Å². The molecule has 1 N–H and O–H groups in total. The Balaban J connectivity index is 2.10. The molecule has 0 aromatic heterocycles. The van der Waals surface area contributed by atoms with Gasteiger partial charge in [-0.1, -0.05) is 42.4 Å². The molecule has 0 saturated heterocycles. The second-order valence-electron chi connectivity index (χ2n) is 4.44. The van der Waals surface area contributed by atoms with Gasteiger partial charge in [-0.25, -0.2) is 0 Å². The van der Waals surface area contributed by atoms with Gasteiger partial charge < -0.3 is 5.31 Å². The summed E-state index contributed by atoms with van der Waals surface area (Å²) in [6, 6.07) is 6.95. The maximum atomic E-state index is 8.31. The molecule has 0 bridgehead atoms. The first-order valence-electron chi connectivity index (χ1n) is 7.93. The highest BCUT2D eigenvalue weighted by molar-refractivity contribution is 7.82. The Labute approximate surface area is 123 Å². The van der Waals surface area contributed by atoms with E-state index in [2.05, 4.69) is 4.99 Å². The minimum Gasteiger partial charge on any atom is -0.351 e. The molecule has 1 spiro atoms. The van der Waals surface area contributed by atoms with Crippen molar-refractivity contribution >= 4 is 34.5 Å². The molecule has 1 aliphatic carbocycles. The number of hydrogen-bond acceptors (Lipinski definition) is 2. The van der Waals surface area contributed by atoms with Crippen molar-refractivity contribution in [3.8, 4) is 0 Å². The minimum atomic E-state index is -1.93. The van der Waals surface area contributed by atoms with Gasteiger partial charge in [0.05, 0.1) is 0 Å². The Morgan fingerprint density at radius 2 is 2.17 bits per heavy atom. The number of nitrogens with zero attached hydrogens (tertiary/aromatic N) is 1. The van der Waals surface area contributed by atoms with E-state index in [0.717, 1.165) is 5.31 Å². The lowest BCUT2D eigenvalue weighted by atomic mass is 9.90. The molecule has 1 aliphatic heterocycles. The standard InChI is InChI=1S/C14H15ClN2S/c15-11-6-4-10(5-7-11)12-13(18)17-14(16-12)8-2-1-3-9-14/h4-7H,1-3,8-9H2,(H,17,18)/i2D,8D2/hD. The van der Waals surface area contributed by atoms with Crippen LogP contribution in [0.1, 0.15) is 41.7 Å². The minimum absolute atomic E-state index is 0.195. The molecule has 2 nitrogen and oxygen atoms in total. The Hall–Kier alpha value is -0.930. The molecule has 4 heteroatoms. The molecule has 94 valence electrons. The van der Waals surface area contributed by atoms with Crippen LogP contribution < -0.4 is 5.31 Å². The van der Waals surface area contributed by atoms with Crippen molar-refractivity contribution in [3.05, 3.63) is 34.9 Å². The van der Waals surface area contributed by atoms with E-state index in [-0.39, 0.29) is 4.99 Å². The molecular formula is C14H15ClN2S. The summed E-state index contributed by atoms with van der Waals surface area (Å²) in [5.41, 5.74) is -0.255. The van der Waals surface area contributed by atoms with E-state index in [1.165, 1.54) is 0 Å². The molecule has 2 unspecified atom stereocenters. The van der Waals surface area contributed by atoms with Crippen LogP contribution in [0, 0.1) is 0 Å². The number of halogens is 1. The predicted molar refractivity (Wildman–Crippen MR) is 79.5 cm³/mol. The largest absolute Gasteiger partial charge is 0.351 e. The zero-order chi connectivity index (χ0) is 16.1. The summed E-state index contributed by atoms with van der Waals surface area (Å²) in [5.74, 6) is 0. The summed E-state index contributed by atoms with van der Waals surface area (Å²) in [6.45, 7) is 0. The molecule has 1 aromatic carbocycles. The molecular weight excluding hydrogens is 264 g/mol. The van der Waals surface area contributed by atoms with Crippen molar-refractivity contribution in [2.45, 2.75) is 37.7 Å². The number of rotatable bonds is 1. The lowest BCUT2D eigenvalue weighted by Gasteiger charge is -2.30. The van der Waals surface area contributed by atoms with E-state index in [4.69, 9.17) is 29.3 Å². The monoisotopic (exact) mass is 282 g/mol. The average molecular weight is 283 g/mol. The Kier molecular flexibility index (Phi) is 2.13. The van der Waals surface area contributed by atoms with Crippen LogP contribution in [-0.4, -0.2) is 16.4 Å². The zero-order valence-corrected chi connectivity index (χ0v) is 11.3. The topological polar surface area (TPSA) is 24.4 Å². The van der Waals surface area contributed by atoms with E-state index in [0.29, 0.717) is 35.6 Å². The number of benzene rings is 1. The van der Waals surface area contributed by atoms with Crippen molar-refractivity contribution in [2.24, 2.45) is 4.99 Å². The number of hydrogen-bond donors (Lipinski definition) is 1. The SMILES string of the molecule is [2H]C1CCCC2(N=C(c3ccc(Cl)cc3)C(=S)N2[2H])C1([2H])[2H]. The van der Waals surface area contributed by atoms with E-state index in [9.17, 15) is 0 Å². The van der Waals surface area contributed by atoms with Gasteiger partial charge in [-0.3, -0.25) is 4.99 Å². The lowest BCUT2D eigenvalue weighted by Crippen LogP contribution is -2.43. The van der Waals surface area contributed by atoms with Crippen LogP contribution >= 0.6 is 23.8 Å². The van der Waals surface area contributed by atoms with Gasteiger partial charge in [-0.05, 0) is 37.7 Å². The summed E-state index contributed by atoms with van der Waals surface area (Å²) >= 11 is 11.2. The summed E-state index contributed by atoms with van der Waals surface area (Å²) in [4.78, 5) is 4.71. The molecule has 0 amide bonds. The maximum absolute atomic E-state index is 8.31. The van der Waals surface area contributed by atoms with Crippen LogP contribution in [-0.2, 0) is 0 Å². The van der Waals surface area contributed by atoms with E-state index >= 15 is 0 Å². The van der Waals surface area contributed by atoms with Crippen LogP contribution in [0.2, 0.25) is 6.43 Å². The highest BCUT2D eigenvalue weighted by atomic mass is 35.5. The number of thiocarbonyl (C=S) groups is 1. The fourth-order valence-electron chi connectivity index (χ4n) is 2.21. The molecule has 0 radical (unpaired) electrons. The van der Waals surface area contributed by atoms with Gasteiger partial charge in [0.25, 0.3) is 0 Å². The zero-order valence-electron chi connectivity index (χ0n) is 13.7. The Morgan fingerprint density at radius 3 is 2.94 bits per heavy atom. The first kappa shape index (κ1) is 8.28. The van der Waals surface area contributed by atoms with Gasteiger partial charge >= 0.3 is 0 Å². The van der Waals surface area contributed by atoms with E-state index in [1.54, 1.807) is 24.3 Å². The highest BCUT2D eigenvalue weighted by Gasteiger charge is 2.38. The summed E-state index contributed by atoms with van der Waals surface area (Å²) in [6.07, 6.45) is -1.32. The van der Waals surface area contributed by atoms with Crippen LogP contribution in [0.3, 0.4) is 0 Å². The maximum Gasteiger partial charge on any atom is 0.163 e. The molecule has 1 saturated carbocycles. The number of nitrogens with one attached hydrogen (secondary N) is 1. The van der Waals surface area contributed by atoms with Gasteiger partial charge in [0.1, 0.15) is 16.4 Å². The quantitative estimate of drug-likeness (QED) is 0.794. The first-order valence-corrected chi connectivity index (χ1v) is 6.70. The average Bonchev–Trinajstić information content (AvgIpc) is 2.73. The first-order chi connectivity index (χ1) is 10.3. The second kappa shape index (κ2) is 4.63. The molecule has 1 fully saturated rings. The van der Waals surface area contributed by atoms with Crippen LogP contribution in [0.5, 0.6) is 0 Å². The fourth-order valence-corrected chi connectivity index (χ4v) is 2.65. The Morgan fingerprint density at radius 1 is 1.39 bits per heavy atom. The van der Waals surface area contributed by atoms with Gasteiger partial charge in [-0.2, -0.15) is 0 Å². The van der Waals surface area contributed by atoms with Crippen molar-refractivity contribution in [3.63, 3.8) is 0 Å². The van der Waals surface area contributed by atoms with Crippen molar-refractivity contribution in [1.82, 2.24) is 5.31 Å². The van der Waals surface area contributed by atoms with Gasteiger partial charge in [0.2, 0.25) is 0 Å². The third-order valence-corrected chi connectivity index (χ3v) is 3.65. The molecule has 2 atom stereocenters. The molecule has 1 aromatic rings. The van der Waals surface area contributed by atoms with Gasteiger partial charge in [-0.15, -0.1) is 0 Å². The third-order valence-electron chi connectivity index (χ3n) is 3.11. The molecule has 3 rings (SSSR count). The summed E-state index contributed by atoms with van der Waals surface area (Å²) in [7, 11) is 0. The smallest absolute Gasteiger partial charge is 0.163 e. The van der Waals surface area contributed by atoms with Crippen LogP contribution in [0.4, 0.5) is 0 Å². The Bertz CT molecular complexity index is 649. The van der Waals surface area contributed by atoms with Crippen LogP contribution in [0.15, 0.2) is 29.3 Å². The van der Waals surface area contributed by atoms with Crippen LogP contribution in [0.25, 0.3) is 0 Å². The van der Waals surface area contributed by atoms with E-state index in [1.807, 2.05) is 0 Å². The highest BCUT2D eigenvalue weighted by Crippen LogP contribution is 2.33. The normalized spacial score (nSPS) is 37.8. The van der Waals surface area contributed by atoms with Gasteiger partial charge in [0.15, 0.2) is 1.41 Å². The number of aliphatic imine (C=N–C) groups is 1. The van der Waals surface area contributed by atoms with Gasteiger partial charge in [0, 0.05) is 14.7 Å². The van der Waals surface area contributed by atoms with Crippen molar-refractivity contribution in [1.29, 1.82) is 0 Å². The summed E-state index contributed by atoms with van der Waals surface area (Å²) < 4.78 is 32.9. The lowest BCUT2D eigenvalue weighted by molar-refractivity contribution is 0.286.